The number of hydrogen-bond donors (Lipinski definition) is 3. The molecule has 0 aromatic carbocycles. The van der Waals surface area contributed by atoms with Gasteiger partial charge in [0.15, 0.2) is 0 Å². The molecule has 2 aromatic heterocycles. The van der Waals surface area contributed by atoms with Gasteiger partial charge in [-0.25, -0.2) is 24.1 Å². The second-order valence-corrected chi connectivity index (χ2v) is 9.24. The van der Waals surface area contributed by atoms with Crippen molar-refractivity contribution >= 4 is 17.6 Å². The summed E-state index contributed by atoms with van der Waals surface area (Å²) in [5.41, 5.74) is 2.20. The minimum absolute atomic E-state index is 0.0262. The van der Waals surface area contributed by atoms with E-state index in [1.54, 1.807) is 0 Å². The lowest BCUT2D eigenvalue weighted by Gasteiger charge is -2.26. The molecule has 0 bridgehead atoms. The molecule has 0 radical (unpaired) electrons. The van der Waals surface area contributed by atoms with Gasteiger partial charge in [-0.2, -0.15) is 13.2 Å². The molecule has 0 fully saturated rings. The number of carboxylic acid groups (broad SMARTS) is 1. The van der Waals surface area contributed by atoms with E-state index in [2.05, 4.69) is 31.7 Å². The van der Waals surface area contributed by atoms with E-state index in [1.165, 1.54) is 18.7 Å². The van der Waals surface area contributed by atoms with Crippen LogP contribution in [0.2, 0.25) is 0 Å². The number of alkyl halides is 4. The summed E-state index contributed by atoms with van der Waals surface area (Å²) in [6.45, 7) is 1.60. The molecule has 210 valence electrons. The molecule has 9 nitrogen and oxygen atoms in total. The van der Waals surface area contributed by atoms with E-state index >= 15 is 0 Å². The van der Waals surface area contributed by atoms with Gasteiger partial charge in [0.25, 0.3) is 0 Å². The molecule has 1 aliphatic rings. The standard InChI is InChI=1S/C25H34F4N6O3/c1-38-16-18(26)15-35(13-3-2-6-19-8-7-17-5-4-11-30-22(17)32-19)14-10-20(23(36)37)33-21-9-12-31-24(34-21)25(27,28)29/h7-9,12,18,20H,2-6,10-11,13-16H2,1H3,(H,30,32)(H,36,37)(H,31,33,34). The third-order valence-electron chi connectivity index (χ3n) is 6.18. The third kappa shape index (κ3) is 9.35. The van der Waals surface area contributed by atoms with Crippen molar-refractivity contribution in [2.24, 2.45) is 0 Å². The van der Waals surface area contributed by atoms with Crippen molar-refractivity contribution in [3.05, 3.63) is 41.5 Å². The summed E-state index contributed by atoms with van der Waals surface area (Å²) in [5.74, 6) is -1.93. The van der Waals surface area contributed by atoms with E-state index in [0.29, 0.717) is 6.54 Å². The van der Waals surface area contributed by atoms with E-state index in [0.717, 1.165) is 56.4 Å². The number of aryl methyl sites for hydroxylation is 2. The SMILES string of the molecule is COCC(F)CN(CCCCc1ccc2c(n1)NCCC2)CCC(Nc1ccnc(C(F)(F)F)n1)C(=O)O. The highest BCUT2D eigenvalue weighted by Crippen LogP contribution is 2.26. The van der Waals surface area contributed by atoms with Crippen LogP contribution in [0.5, 0.6) is 0 Å². The minimum atomic E-state index is -4.75. The average molecular weight is 543 g/mol. The summed E-state index contributed by atoms with van der Waals surface area (Å²) in [6.07, 6.45) is -0.667. The fourth-order valence-electron chi connectivity index (χ4n) is 4.28. The summed E-state index contributed by atoms with van der Waals surface area (Å²) in [4.78, 5) is 24.8. The Balaban J connectivity index is 1.55. The van der Waals surface area contributed by atoms with Crippen LogP contribution < -0.4 is 10.6 Å². The second kappa shape index (κ2) is 14.2. The maximum atomic E-state index is 14.3. The largest absolute Gasteiger partial charge is 0.480 e. The molecule has 2 aromatic rings. The van der Waals surface area contributed by atoms with Crippen molar-refractivity contribution in [2.75, 3.05) is 50.5 Å². The highest BCUT2D eigenvalue weighted by molar-refractivity contribution is 5.76. The number of nitrogens with zero attached hydrogens (tertiary/aromatic N) is 4. The van der Waals surface area contributed by atoms with Gasteiger partial charge in [-0.1, -0.05) is 6.07 Å². The number of unbranched alkanes of at least 4 members (excludes halogenated alkanes) is 1. The van der Waals surface area contributed by atoms with Crippen LogP contribution in [0, 0.1) is 0 Å². The van der Waals surface area contributed by atoms with Crippen LogP contribution in [0.3, 0.4) is 0 Å². The van der Waals surface area contributed by atoms with Crippen LogP contribution >= 0.6 is 0 Å². The maximum Gasteiger partial charge on any atom is 0.451 e. The molecule has 0 aliphatic carbocycles. The fourth-order valence-corrected chi connectivity index (χ4v) is 4.28. The summed E-state index contributed by atoms with van der Waals surface area (Å²) in [6, 6.07) is 4.08. The first kappa shape index (κ1) is 29.5. The van der Waals surface area contributed by atoms with Crippen LogP contribution in [0.15, 0.2) is 24.4 Å². The molecule has 2 unspecified atom stereocenters. The number of methoxy groups -OCH3 is 1. The van der Waals surface area contributed by atoms with E-state index in [4.69, 9.17) is 4.74 Å². The zero-order valence-corrected chi connectivity index (χ0v) is 21.3. The van der Waals surface area contributed by atoms with Crippen LogP contribution in [0.4, 0.5) is 29.2 Å². The average Bonchev–Trinajstić information content (AvgIpc) is 2.88. The van der Waals surface area contributed by atoms with E-state index < -0.39 is 30.2 Å². The highest BCUT2D eigenvalue weighted by atomic mass is 19.4. The number of ether oxygens (including phenoxy) is 1. The molecular formula is C25H34F4N6O3. The number of halogens is 4. The van der Waals surface area contributed by atoms with Crippen molar-refractivity contribution in [3.8, 4) is 0 Å². The number of pyridine rings is 1. The zero-order valence-electron chi connectivity index (χ0n) is 21.3. The van der Waals surface area contributed by atoms with Gasteiger partial charge in [-0.05, 0) is 62.8 Å². The summed E-state index contributed by atoms with van der Waals surface area (Å²) in [5, 5.41) is 15.5. The lowest BCUT2D eigenvalue weighted by atomic mass is 10.1. The number of carboxylic acids is 1. The van der Waals surface area contributed by atoms with Crippen LogP contribution in [-0.4, -0.2) is 83.0 Å². The van der Waals surface area contributed by atoms with Crippen molar-refractivity contribution in [3.63, 3.8) is 0 Å². The lowest BCUT2D eigenvalue weighted by Crippen LogP contribution is -2.39. The van der Waals surface area contributed by atoms with Crippen molar-refractivity contribution in [2.45, 2.75) is 56.9 Å². The molecule has 0 saturated carbocycles. The number of carbonyl (C=O) groups is 1. The van der Waals surface area contributed by atoms with Gasteiger partial charge in [0, 0.05) is 38.6 Å². The summed E-state index contributed by atoms with van der Waals surface area (Å²) in [7, 11) is 1.40. The smallest absolute Gasteiger partial charge is 0.451 e. The van der Waals surface area contributed by atoms with Crippen molar-refractivity contribution in [1.29, 1.82) is 0 Å². The van der Waals surface area contributed by atoms with Crippen LogP contribution in [-0.2, 0) is 28.5 Å². The molecule has 2 atom stereocenters. The van der Waals surface area contributed by atoms with Gasteiger partial charge < -0.3 is 25.4 Å². The lowest BCUT2D eigenvalue weighted by molar-refractivity contribution is -0.144. The monoisotopic (exact) mass is 542 g/mol. The third-order valence-corrected chi connectivity index (χ3v) is 6.18. The number of anilines is 2. The second-order valence-electron chi connectivity index (χ2n) is 9.24. The van der Waals surface area contributed by atoms with Gasteiger partial charge in [-0.15, -0.1) is 0 Å². The summed E-state index contributed by atoms with van der Waals surface area (Å²) >= 11 is 0. The van der Waals surface area contributed by atoms with E-state index in [1.807, 2.05) is 11.0 Å². The number of aliphatic carboxylic acids is 1. The topological polar surface area (TPSA) is 113 Å². The Morgan fingerprint density at radius 2 is 2.05 bits per heavy atom. The van der Waals surface area contributed by atoms with Gasteiger partial charge in [0.2, 0.25) is 5.82 Å². The molecule has 0 saturated heterocycles. The molecule has 0 amide bonds. The number of hydrogen-bond acceptors (Lipinski definition) is 8. The molecule has 3 heterocycles. The Bertz CT molecular complexity index is 1040. The maximum absolute atomic E-state index is 14.3. The Morgan fingerprint density at radius 3 is 2.79 bits per heavy atom. The first-order chi connectivity index (χ1) is 18.2. The first-order valence-electron chi connectivity index (χ1n) is 12.6. The predicted molar refractivity (Wildman–Crippen MR) is 134 cm³/mol. The van der Waals surface area contributed by atoms with Gasteiger partial charge in [-0.3, -0.25) is 0 Å². The van der Waals surface area contributed by atoms with Crippen molar-refractivity contribution < 1.29 is 32.2 Å². The fraction of sp³-hybridized carbons (Fsp3) is 0.600. The number of aromatic nitrogens is 3. The predicted octanol–water partition coefficient (Wildman–Crippen LogP) is 3.81. The first-order valence-corrected chi connectivity index (χ1v) is 12.6. The van der Waals surface area contributed by atoms with Gasteiger partial charge in [0.1, 0.15) is 23.8 Å². The number of rotatable bonds is 15. The molecule has 13 heteroatoms. The molecule has 0 spiro atoms. The van der Waals surface area contributed by atoms with Crippen molar-refractivity contribution in [1.82, 2.24) is 19.9 Å². The Kier molecular flexibility index (Phi) is 11.0. The van der Waals surface area contributed by atoms with Gasteiger partial charge in [0.05, 0.1) is 6.61 Å². The number of fused-ring (bicyclic) bond motifs is 1. The minimum Gasteiger partial charge on any atom is -0.480 e. The molecule has 1 aliphatic heterocycles. The van der Waals surface area contributed by atoms with Gasteiger partial charge >= 0.3 is 12.1 Å². The molecule has 38 heavy (non-hydrogen) atoms. The normalized spacial score (nSPS) is 15.0. The molecule has 3 N–H and O–H groups in total. The zero-order chi connectivity index (χ0) is 27.5. The van der Waals surface area contributed by atoms with E-state index in [-0.39, 0.29) is 31.9 Å². The Hall–Kier alpha value is -3.06. The Labute approximate surface area is 219 Å². The molecular weight excluding hydrogens is 508 g/mol. The summed E-state index contributed by atoms with van der Waals surface area (Å²) < 4.78 is 57.9. The van der Waals surface area contributed by atoms with E-state index in [9.17, 15) is 27.5 Å². The molecule has 3 rings (SSSR count). The quantitative estimate of drug-likeness (QED) is 0.228. The Morgan fingerprint density at radius 1 is 1.24 bits per heavy atom. The highest BCUT2D eigenvalue weighted by Gasteiger charge is 2.35. The number of nitrogens with one attached hydrogen (secondary N) is 2. The van der Waals surface area contributed by atoms with Crippen LogP contribution in [0.25, 0.3) is 0 Å². The van der Waals surface area contributed by atoms with Crippen LogP contribution in [0.1, 0.15) is 42.8 Å².